The van der Waals surface area contributed by atoms with Crippen molar-refractivity contribution in [2.24, 2.45) is 0 Å². The predicted molar refractivity (Wildman–Crippen MR) is 126 cm³/mol. The Kier molecular flexibility index (Phi) is 6.43. The molecule has 3 aromatic rings. The van der Waals surface area contributed by atoms with Gasteiger partial charge in [-0.2, -0.15) is 0 Å². The molecule has 1 saturated heterocycles. The average Bonchev–Trinajstić information content (AvgIpc) is 3.24. The second kappa shape index (κ2) is 9.58. The van der Waals surface area contributed by atoms with E-state index < -0.39 is 4.92 Å². The van der Waals surface area contributed by atoms with Crippen LogP contribution in [-0.4, -0.2) is 42.1 Å². The number of carbonyl (C=O) groups is 1. The Hall–Kier alpha value is -3.76. The number of aromatic nitrogens is 1. The highest BCUT2D eigenvalue weighted by Gasteiger charge is 2.19. The van der Waals surface area contributed by atoms with Crippen LogP contribution >= 0.6 is 11.3 Å². The summed E-state index contributed by atoms with van der Waals surface area (Å²) in [5.74, 6) is -0.320. The number of morpholine rings is 1. The molecule has 0 spiro atoms. The topological polar surface area (TPSA) is 124 Å². The summed E-state index contributed by atoms with van der Waals surface area (Å²) in [6, 6.07) is 13.2. The number of nitrogens with one attached hydrogen (secondary N) is 1. The Bertz CT molecular complexity index is 1150. The summed E-state index contributed by atoms with van der Waals surface area (Å²) in [7, 11) is 0. The van der Waals surface area contributed by atoms with Gasteiger partial charge in [0.2, 0.25) is 5.91 Å². The van der Waals surface area contributed by atoms with E-state index in [-0.39, 0.29) is 11.6 Å². The van der Waals surface area contributed by atoms with Crippen LogP contribution in [0.4, 0.5) is 22.2 Å². The van der Waals surface area contributed by atoms with Crippen LogP contribution in [0.25, 0.3) is 17.3 Å². The van der Waals surface area contributed by atoms with Gasteiger partial charge in [0.1, 0.15) is 0 Å². The molecule has 0 saturated carbocycles. The zero-order chi connectivity index (χ0) is 22.5. The number of nitrogen functional groups attached to an aromatic ring is 1. The third-order valence-electron chi connectivity index (χ3n) is 4.88. The van der Waals surface area contributed by atoms with E-state index in [1.165, 1.54) is 29.5 Å². The number of hydrogen-bond donors (Lipinski definition) is 2. The summed E-state index contributed by atoms with van der Waals surface area (Å²) in [5, 5.41) is 14.6. The van der Waals surface area contributed by atoms with Crippen molar-refractivity contribution >= 4 is 45.5 Å². The van der Waals surface area contributed by atoms with Crippen LogP contribution < -0.4 is 16.0 Å². The summed E-state index contributed by atoms with van der Waals surface area (Å²) in [5.41, 5.74) is 8.31. The van der Waals surface area contributed by atoms with E-state index >= 15 is 0 Å². The molecule has 3 N–H and O–H groups in total. The van der Waals surface area contributed by atoms with Crippen molar-refractivity contribution in [2.45, 2.75) is 0 Å². The molecule has 1 aromatic heterocycles. The number of nitro benzene ring substituents is 1. The third-order valence-corrected chi connectivity index (χ3v) is 5.96. The van der Waals surface area contributed by atoms with E-state index in [9.17, 15) is 14.9 Å². The number of nitrogens with two attached hydrogens (primary N) is 1. The highest BCUT2D eigenvalue weighted by molar-refractivity contribution is 7.17. The predicted octanol–water partition coefficient (Wildman–Crippen LogP) is 3.79. The third kappa shape index (κ3) is 4.93. The highest BCUT2D eigenvalue weighted by Crippen LogP contribution is 2.35. The van der Waals surface area contributed by atoms with E-state index in [1.54, 1.807) is 42.5 Å². The van der Waals surface area contributed by atoms with Gasteiger partial charge >= 0.3 is 0 Å². The molecule has 0 aliphatic carbocycles. The molecule has 1 aliphatic heterocycles. The smallest absolute Gasteiger partial charge is 0.269 e. The fourth-order valence-electron chi connectivity index (χ4n) is 3.21. The average molecular weight is 452 g/mol. The van der Waals surface area contributed by atoms with E-state index in [0.717, 1.165) is 28.7 Å². The number of nitrogens with zero attached hydrogens (tertiary/aromatic N) is 3. The second-order valence-corrected chi connectivity index (χ2v) is 8.03. The minimum Gasteiger partial charge on any atom is -0.397 e. The van der Waals surface area contributed by atoms with Crippen molar-refractivity contribution in [1.29, 1.82) is 0 Å². The zero-order valence-corrected chi connectivity index (χ0v) is 17.9. The standard InChI is InChI=1S/C22H21N5O4S/c23-17-3-1-2-4-18(17)24-20(28)10-9-19-21(15-5-7-16(8-6-15)27(29)30)25-22(32-19)26-11-13-31-14-12-26/h1-10H,11-14,23H2,(H,24,28)/b10-9+. The fourth-order valence-corrected chi connectivity index (χ4v) is 4.25. The van der Waals surface area contributed by atoms with Crippen LogP contribution in [0.5, 0.6) is 0 Å². The van der Waals surface area contributed by atoms with Crippen molar-refractivity contribution in [3.63, 3.8) is 0 Å². The van der Waals surface area contributed by atoms with E-state index in [4.69, 9.17) is 15.5 Å². The van der Waals surface area contributed by atoms with Crippen LogP contribution in [-0.2, 0) is 9.53 Å². The van der Waals surface area contributed by atoms with Crippen LogP contribution in [0.3, 0.4) is 0 Å². The first-order valence-corrected chi connectivity index (χ1v) is 10.7. The number of ether oxygens (including phenoxy) is 1. The van der Waals surface area contributed by atoms with Crippen LogP contribution in [0.2, 0.25) is 0 Å². The molecule has 4 rings (SSSR count). The van der Waals surface area contributed by atoms with Crippen LogP contribution in [0, 0.1) is 10.1 Å². The molecule has 0 bridgehead atoms. The lowest BCUT2D eigenvalue weighted by atomic mass is 10.1. The van der Waals surface area contributed by atoms with Gasteiger partial charge in [-0.05, 0) is 30.3 Å². The summed E-state index contributed by atoms with van der Waals surface area (Å²) in [6.45, 7) is 2.70. The lowest BCUT2D eigenvalue weighted by Gasteiger charge is -2.26. The lowest BCUT2D eigenvalue weighted by Crippen LogP contribution is -2.36. The zero-order valence-electron chi connectivity index (χ0n) is 17.1. The Morgan fingerprint density at radius 1 is 1.19 bits per heavy atom. The summed E-state index contributed by atoms with van der Waals surface area (Å²) < 4.78 is 5.42. The number of amides is 1. The molecule has 0 atom stereocenters. The fraction of sp³-hybridized carbons (Fsp3) is 0.182. The van der Waals surface area contributed by atoms with Crippen LogP contribution in [0.1, 0.15) is 4.88 Å². The minimum atomic E-state index is -0.440. The summed E-state index contributed by atoms with van der Waals surface area (Å²) in [6.07, 6.45) is 3.13. The van der Waals surface area contributed by atoms with E-state index in [2.05, 4.69) is 10.2 Å². The number of anilines is 3. The Morgan fingerprint density at radius 3 is 2.59 bits per heavy atom. The number of nitro groups is 1. The molecule has 1 aliphatic rings. The molecule has 164 valence electrons. The largest absolute Gasteiger partial charge is 0.397 e. The van der Waals surface area contributed by atoms with Gasteiger partial charge in [0.15, 0.2) is 5.13 Å². The van der Waals surface area contributed by atoms with Gasteiger partial charge in [0, 0.05) is 36.9 Å². The first kappa shape index (κ1) is 21.5. The molecule has 32 heavy (non-hydrogen) atoms. The molecule has 2 aromatic carbocycles. The molecule has 0 unspecified atom stereocenters. The van der Waals surface area contributed by atoms with Gasteiger partial charge in [-0.1, -0.05) is 23.5 Å². The number of hydrogen-bond acceptors (Lipinski definition) is 8. The maximum atomic E-state index is 12.4. The minimum absolute atomic E-state index is 0.00861. The molecule has 1 fully saturated rings. The number of carbonyl (C=O) groups excluding carboxylic acids is 1. The number of non-ortho nitro benzene ring substituents is 1. The molecule has 10 heteroatoms. The molecular formula is C22H21N5O4S. The molecule has 0 radical (unpaired) electrons. The maximum Gasteiger partial charge on any atom is 0.269 e. The second-order valence-electron chi connectivity index (χ2n) is 7.02. The van der Waals surface area contributed by atoms with Gasteiger partial charge in [-0.25, -0.2) is 4.98 Å². The number of thiazole rings is 1. The summed E-state index contributed by atoms with van der Waals surface area (Å²) >= 11 is 1.46. The van der Waals surface area contributed by atoms with Gasteiger partial charge in [0.25, 0.3) is 5.69 Å². The van der Waals surface area contributed by atoms with Gasteiger partial charge < -0.3 is 20.7 Å². The molecule has 1 amide bonds. The SMILES string of the molecule is Nc1ccccc1NC(=O)/C=C/c1sc(N2CCOCC2)nc1-c1ccc([N+](=O)[O-])cc1. The number of benzene rings is 2. The Labute approximate surface area is 188 Å². The first-order valence-electron chi connectivity index (χ1n) is 9.93. The highest BCUT2D eigenvalue weighted by atomic mass is 32.1. The van der Waals surface area contributed by atoms with Gasteiger partial charge in [0.05, 0.1) is 40.1 Å². The maximum absolute atomic E-state index is 12.4. The van der Waals surface area contributed by atoms with Crippen molar-refractivity contribution in [2.75, 3.05) is 42.3 Å². The van der Waals surface area contributed by atoms with Crippen molar-refractivity contribution < 1.29 is 14.5 Å². The van der Waals surface area contributed by atoms with Gasteiger partial charge in [-0.3, -0.25) is 14.9 Å². The van der Waals surface area contributed by atoms with Gasteiger partial charge in [-0.15, -0.1) is 0 Å². The summed E-state index contributed by atoms with van der Waals surface area (Å²) in [4.78, 5) is 30.7. The molecular weight excluding hydrogens is 430 g/mol. The Morgan fingerprint density at radius 2 is 1.91 bits per heavy atom. The lowest BCUT2D eigenvalue weighted by molar-refractivity contribution is -0.384. The van der Waals surface area contributed by atoms with Crippen molar-refractivity contribution in [3.8, 4) is 11.3 Å². The van der Waals surface area contributed by atoms with E-state index in [0.29, 0.717) is 30.3 Å². The van der Waals surface area contributed by atoms with Crippen LogP contribution in [0.15, 0.2) is 54.6 Å². The quantitative estimate of drug-likeness (QED) is 0.253. The number of rotatable bonds is 6. The van der Waals surface area contributed by atoms with E-state index in [1.807, 2.05) is 0 Å². The number of para-hydroxylation sites is 2. The monoisotopic (exact) mass is 451 g/mol. The Balaban J connectivity index is 1.62. The van der Waals surface area contributed by atoms with Crippen molar-refractivity contribution in [1.82, 2.24) is 4.98 Å². The first-order chi connectivity index (χ1) is 15.5. The van der Waals surface area contributed by atoms with Crippen molar-refractivity contribution in [3.05, 3.63) is 69.6 Å². The normalized spacial score (nSPS) is 13.9. The molecule has 2 heterocycles. The molecule has 9 nitrogen and oxygen atoms in total.